The van der Waals surface area contributed by atoms with Gasteiger partial charge in [0.05, 0.1) is 12.7 Å². The lowest BCUT2D eigenvalue weighted by molar-refractivity contribution is 0.0736. The molecule has 4 heteroatoms. The second-order valence-electron chi connectivity index (χ2n) is 11.0. The van der Waals surface area contributed by atoms with Crippen molar-refractivity contribution >= 4 is 0 Å². The van der Waals surface area contributed by atoms with Crippen molar-refractivity contribution in [3.05, 3.63) is 163 Å². The first-order valence-corrected chi connectivity index (χ1v) is 15.1. The molecule has 0 aliphatic heterocycles. The summed E-state index contributed by atoms with van der Waals surface area (Å²) in [6, 6.07) is 39.9. The zero-order valence-corrected chi connectivity index (χ0v) is 24.4. The van der Waals surface area contributed by atoms with Crippen LogP contribution in [0.15, 0.2) is 152 Å². The maximum Gasteiger partial charge on any atom is 0.119 e. The van der Waals surface area contributed by atoms with Crippen LogP contribution < -0.4 is 4.74 Å². The Morgan fingerprint density at radius 3 is 1.82 bits per heavy atom. The summed E-state index contributed by atoms with van der Waals surface area (Å²) < 4.78 is 12.3. The van der Waals surface area contributed by atoms with E-state index in [9.17, 15) is 0 Å². The van der Waals surface area contributed by atoms with Gasteiger partial charge in [-0.25, -0.2) is 0 Å². The molecule has 0 bridgehead atoms. The van der Waals surface area contributed by atoms with Gasteiger partial charge >= 0.3 is 0 Å². The number of rotatable bonds is 10. The summed E-state index contributed by atoms with van der Waals surface area (Å²) in [7, 11) is 0. The fourth-order valence-corrected chi connectivity index (χ4v) is 5.69. The zero-order chi connectivity index (χ0) is 29.6. The Bertz CT molecular complexity index is 1910. The lowest BCUT2D eigenvalue weighted by Crippen LogP contribution is -2.10. The number of nitrogens with one attached hydrogen (secondary N) is 2. The second-order valence-corrected chi connectivity index (χ2v) is 11.0. The predicted molar refractivity (Wildman–Crippen MR) is 179 cm³/mol. The first-order valence-electron chi connectivity index (χ1n) is 15.1. The highest BCUT2D eigenvalue weighted by Gasteiger charge is 2.13. The van der Waals surface area contributed by atoms with Gasteiger partial charge in [-0.2, -0.15) is 0 Å². The fourth-order valence-electron chi connectivity index (χ4n) is 5.69. The molecular weight excluding hydrogens is 540 g/mol. The zero-order valence-electron chi connectivity index (χ0n) is 24.4. The molecule has 7 rings (SSSR count). The SMILES string of the molecule is C1=CCC(OCc2ccccc2-c2cc(-c3cccc(-c4c[nH]c(-c5ccccc5COc5ccccc5)c4)c3)c[nH]2)C=C1. The van der Waals surface area contributed by atoms with E-state index in [0.29, 0.717) is 13.2 Å². The Labute approximate surface area is 258 Å². The normalized spacial score (nSPS) is 14.1. The number of aromatic nitrogens is 2. The fraction of sp³-hybridized carbons (Fsp3) is 0.100. The molecule has 0 amide bonds. The van der Waals surface area contributed by atoms with Gasteiger partial charge in [0.2, 0.25) is 0 Å². The summed E-state index contributed by atoms with van der Waals surface area (Å²) in [6.07, 6.45) is 13.6. The largest absolute Gasteiger partial charge is 0.489 e. The number of H-pyrrole nitrogens is 2. The monoisotopic (exact) mass is 574 g/mol. The minimum Gasteiger partial charge on any atom is -0.489 e. The molecule has 1 atom stereocenters. The molecule has 1 aliphatic carbocycles. The van der Waals surface area contributed by atoms with Crippen molar-refractivity contribution in [2.75, 3.05) is 0 Å². The van der Waals surface area contributed by atoms with Gasteiger partial charge < -0.3 is 19.4 Å². The summed E-state index contributed by atoms with van der Waals surface area (Å²) in [5.41, 5.74) is 11.4. The van der Waals surface area contributed by atoms with E-state index in [1.165, 1.54) is 5.56 Å². The maximum absolute atomic E-state index is 6.20. The van der Waals surface area contributed by atoms with Crippen LogP contribution in [0.5, 0.6) is 5.75 Å². The van der Waals surface area contributed by atoms with E-state index in [1.807, 2.05) is 30.3 Å². The minimum atomic E-state index is 0.125. The average molecular weight is 575 g/mol. The van der Waals surface area contributed by atoms with E-state index < -0.39 is 0 Å². The molecule has 1 unspecified atom stereocenters. The van der Waals surface area contributed by atoms with Gasteiger partial charge in [0.25, 0.3) is 0 Å². The molecule has 4 aromatic carbocycles. The van der Waals surface area contributed by atoms with Crippen molar-refractivity contribution in [2.24, 2.45) is 0 Å². The third-order valence-corrected chi connectivity index (χ3v) is 8.04. The van der Waals surface area contributed by atoms with Crippen LogP contribution in [0.4, 0.5) is 0 Å². The maximum atomic E-state index is 6.20. The first kappa shape index (κ1) is 27.5. The summed E-state index contributed by atoms with van der Waals surface area (Å²) in [4.78, 5) is 7.02. The molecule has 4 nitrogen and oxygen atoms in total. The van der Waals surface area contributed by atoms with Crippen LogP contribution in [0.25, 0.3) is 44.8 Å². The highest BCUT2D eigenvalue weighted by atomic mass is 16.5. The summed E-state index contributed by atoms with van der Waals surface area (Å²) in [5, 5.41) is 0. The predicted octanol–water partition coefficient (Wildman–Crippen LogP) is 9.99. The van der Waals surface area contributed by atoms with Gasteiger partial charge in [-0.3, -0.25) is 0 Å². The Kier molecular flexibility index (Phi) is 8.07. The number of hydrogen-bond acceptors (Lipinski definition) is 2. The van der Waals surface area contributed by atoms with E-state index in [1.54, 1.807) is 0 Å². The third kappa shape index (κ3) is 6.22. The van der Waals surface area contributed by atoms with Crippen LogP contribution in [0, 0.1) is 0 Å². The summed E-state index contributed by atoms with van der Waals surface area (Å²) in [5.74, 6) is 0.866. The van der Waals surface area contributed by atoms with Crippen LogP contribution in [0.2, 0.25) is 0 Å². The lowest BCUT2D eigenvalue weighted by Gasteiger charge is -2.16. The van der Waals surface area contributed by atoms with Gasteiger partial charge in [0.1, 0.15) is 12.4 Å². The molecule has 1 aliphatic rings. The summed E-state index contributed by atoms with van der Waals surface area (Å²) >= 11 is 0. The molecule has 216 valence electrons. The molecule has 0 radical (unpaired) electrons. The Morgan fingerprint density at radius 1 is 0.568 bits per heavy atom. The van der Waals surface area contributed by atoms with E-state index in [-0.39, 0.29) is 6.10 Å². The number of hydrogen-bond donors (Lipinski definition) is 2. The van der Waals surface area contributed by atoms with Gasteiger partial charge in [0, 0.05) is 34.9 Å². The van der Waals surface area contributed by atoms with E-state index in [0.717, 1.165) is 62.5 Å². The third-order valence-electron chi connectivity index (χ3n) is 8.04. The first-order chi connectivity index (χ1) is 21.8. The van der Waals surface area contributed by atoms with Crippen molar-refractivity contribution in [3.63, 3.8) is 0 Å². The topological polar surface area (TPSA) is 50.0 Å². The minimum absolute atomic E-state index is 0.125. The van der Waals surface area contributed by atoms with Gasteiger partial charge in [-0.1, -0.05) is 109 Å². The number of ether oxygens (including phenoxy) is 2. The Balaban J connectivity index is 1.09. The number of benzene rings is 4. The van der Waals surface area contributed by atoms with E-state index >= 15 is 0 Å². The van der Waals surface area contributed by atoms with Crippen LogP contribution in [-0.4, -0.2) is 16.1 Å². The number of aromatic amines is 2. The molecule has 44 heavy (non-hydrogen) atoms. The van der Waals surface area contributed by atoms with Gasteiger partial charge in [0.15, 0.2) is 0 Å². The van der Waals surface area contributed by atoms with Gasteiger partial charge in [-0.15, -0.1) is 0 Å². The molecule has 2 aromatic heterocycles. The number of allylic oxidation sites excluding steroid dienone is 2. The van der Waals surface area contributed by atoms with Crippen molar-refractivity contribution in [3.8, 4) is 50.5 Å². The highest BCUT2D eigenvalue weighted by molar-refractivity contribution is 5.79. The second kappa shape index (κ2) is 12.9. The highest BCUT2D eigenvalue weighted by Crippen LogP contribution is 2.33. The molecular formula is C40H34N2O2. The van der Waals surface area contributed by atoms with Crippen LogP contribution in [0.1, 0.15) is 17.5 Å². The summed E-state index contributed by atoms with van der Waals surface area (Å²) in [6.45, 7) is 1.07. The van der Waals surface area contributed by atoms with Crippen LogP contribution in [0.3, 0.4) is 0 Å². The molecule has 0 fully saturated rings. The quantitative estimate of drug-likeness (QED) is 0.171. The Hall–Kier alpha value is -5.32. The van der Waals surface area contributed by atoms with Crippen LogP contribution in [-0.2, 0) is 18.0 Å². The molecule has 0 spiro atoms. The van der Waals surface area contributed by atoms with Crippen LogP contribution >= 0.6 is 0 Å². The van der Waals surface area contributed by atoms with Crippen molar-refractivity contribution < 1.29 is 9.47 Å². The molecule has 0 saturated carbocycles. The Morgan fingerprint density at radius 2 is 1.18 bits per heavy atom. The van der Waals surface area contributed by atoms with Crippen molar-refractivity contribution in [1.29, 1.82) is 0 Å². The molecule has 0 saturated heterocycles. The van der Waals surface area contributed by atoms with Gasteiger partial charge in [-0.05, 0) is 70.1 Å². The van der Waals surface area contributed by atoms with Crippen molar-refractivity contribution in [1.82, 2.24) is 9.97 Å². The smallest absolute Gasteiger partial charge is 0.119 e. The lowest BCUT2D eigenvalue weighted by atomic mass is 10.00. The average Bonchev–Trinajstić information content (AvgIpc) is 3.79. The van der Waals surface area contributed by atoms with Crippen molar-refractivity contribution in [2.45, 2.75) is 25.7 Å². The molecule has 2 heterocycles. The number of para-hydroxylation sites is 1. The van der Waals surface area contributed by atoms with E-state index in [4.69, 9.17) is 9.47 Å². The van der Waals surface area contributed by atoms with E-state index in [2.05, 4.69) is 132 Å². The molecule has 6 aromatic rings. The molecule has 2 N–H and O–H groups in total. The standard InChI is InChI=1S/C40H34N2O2/c1-3-16-35(17-4-1)43-27-31-12-7-9-20-37(31)39-23-33(25-41-39)29-14-11-15-30(22-29)34-24-40(42-26-34)38-21-10-8-13-32(38)28-44-36-18-5-2-6-19-36/h1-18,20-26,36,41-42H,19,27-28H2.